The Kier molecular flexibility index (Phi) is 8.01. The van der Waals surface area contributed by atoms with Gasteiger partial charge in [0, 0.05) is 23.3 Å². The van der Waals surface area contributed by atoms with E-state index in [-0.39, 0.29) is 10.8 Å². The molecule has 0 saturated carbocycles. The third kappa shape index (κ3) is 6.33. The fraction of sp³-hybridized carbons (Fsp3) is 0.448. The fourth-order valence-corrected chi connectivity index (χ4v) is 5.30. The SMILES string of the molecule is CNCc1ccccc1Pc1cc(C(C)(C)C)cc(C(C)(C)C)c1OCC1C=CC=CC1. The van der Waals surface area contributed by atoms with Crippen molar-refractivity contribution in [3.63, 3.8) is 0 Å². The predicted octanol–water partition coefficient (Wildman–Crippen LogP) is 6.14. The van der Waals surface area contributed by atoms with E-state index >= 15 is 0 Å². The summed E-state index contributed by atoms with van der Waals surface area (Å²) in [6, 6.07) is 13.6. The number of benzene rings is 2. The van der Waals surface area contributed by atoms with E-state index in [0.717, 1.165) is 18.7 Å². The van der Waals surface area contributed by atoms with Crippen LogP contribution in [0.5, 0.6) is 5.75 Å². The highest BCUT2D eigenvalue weighted by molar-refractivity contribution is 7.55. The summed E-state index contributed by atoms with van der Waals surface area (Å²) in [5, 5.41) is 6.03. The molecule has 0 amide bonds. The van der Waals surface area contributed by atoms with Crippen molar-refractivity contribution in [1.29, 1.82) is 0 Å². The number of hydrogen-bond donors (Lipinski definition) is 1. The molecule has 1 aliphatic rings. The molecule has 0 fully saturated rings. The molecule has 0 spiro atoms. The molecular weight excluding hydrogens is 409 g/mol. The molecule has 3 heteroatoms. The third-order valence-corrected chi connectivity index (χ3v) is 7.33. The predicted molar refractivity (Wildman–Crippen MR) is 143 cm³/mol. The largest absolute Gasteiger partial charge is 0.492 e. The first kappa shape index (κ1) is 24.7. The Morgan fingerprint density at radius 3 is 2.34 bits per heavy atom. The van der Waals surface area contributed by atoms with Crippen molar-refractivity contribution in [3.8, 4) is 5.75 Å². The Morgan fingerprint density at radius 2 is 1.72 bits per heavy atom. The molecule has 3 rings (SSSR count). The summed E-state index contributed by atoms with van der Waals surface area (Å²) in [7, 11) is 2.57. The van der Waals surface area contributed by atoms with Gasteiger partial charge in [0.25, 0.3) is 0 Å². The highest BCUT2D eigenvalue weighted by Gasteiger charge is 2.27. The van der Waals surface area contributed by atoms with Gasteiger partial charge in [-0.1, -0.05) is 105 Å². The van der Waals surface area contributed by atoms with Gasteiger partial charge in [-0.05, 0) is 46.8 Å². The summed E-state index contributed by atoms with van der Waals surface area (Å²) >= 11 is 0. The monoisotopic (exact) mass is 449 g/mol. The Morgan fingerprint density at radius 1 is 0.969 bits per heavy atom. The minimum absolute atomic E-state index is 0.00260. The quantitative estimate of drug-likeness (QED) is 0.513. The van der Waals surface area contributed by atoms with Crippen molar-refractivity contribution in [2.45, 2.75) is 65.3 Å². The van der Waals surface area contributed by atoms with E-state index < -0.39 is 0 Å². The molecule has 0 radical (unpaired) electrons. The van der Waals surface area contributed by atoms with Gasteiger partial charge in [0.1, 0.15) is 5.75 Å². The van der Waals surface area contributed by atoms with E-state index in [1.54, 1.807) is 0 Å². The molecule has 1 N–H and O–H groups in total. The van der Waals surface area contributed by atoms with Crippen molar-refractivity contribution in [2.75, 3.05) is 13.7 Å². The summed E-state index contributed by atoms with van der Waals surface area (Å²) < 4.78 is 6.68. The fourth-order valence-electron chi connectivity index (χ4n) is 3.95. The minimum atomic E-state index is 0.00260. The van der Waals surface area contributed by atoms with Crippen LogP contribution in [0.2, 0.25) is 0 Å². The highest BCUT2D eigenvalue weighted by atomic mass is 31.1. The van der Waals surface area contributed by atoms with Crippen LogP contribution < -0.4 is 20.7 Å². The van der Waals surface area contributed by atoms with Crippen LogP contribution >= 0.6 is 8.58 Å². The zero-order chi connectivity index (χ0) is 23.4. The first-order valence-electron chi connectivity index (χ1n) is 11.7. The van der Waals surface area contributed by atoms with Crippen LogP contribution in [0, 0.1) is 5.92 Å². The van der Waals surface area contributed by atoms with Crippen LogP contribution in [0.25, 0.3) is 0 Å². The van der Waals surface area contributed by atoms with Crippen LogP contribution in [0.4, 0.5) is 0 Å². The van der Waals surface area contributed by atoms with Gasteiger partial charge in [-0.25, -0.2) is 0 Å². The number of nitrogens with one attached hydrogen (secondary N) is 1. The molecule has 172 valence electrons. The summed E-state index contributed by atoms with van der Waals surface area (Å²) in [5.74, 6) is 1.52. The van der Waals surface area contributed by atoms with Gasteiger partial charge in [-0.3, -0.25) is 0 Å². The molecule has 0 heterocycles. The standard InChI is InChI=1S/C29H40NOP/c1-28(2,3)23-17-24(29(4,5)6)27(31-20-21-13-9-8-10-14-21)26(18-23)32-25-16-12-11-15-22(25)19-30-7/h8-13,15-18,21,30,32H,14,19-20H2,1-7H3. The molecule has 2 nitrogen and oxygen atoms in total. The zero-order valence-corrected chi connectivity index (χ0v) is 21.9. The van der Waals surface area contributed by atoms with E-state index in [1.807, 2.05) is 7.05 Å². The van der Waals surface area contributed by atoms with E-state index in [2.05, 4.69) is 108 Å². The molecule has 2 aromatic carbocycles. The number of rotatable bonds is 7. The average molecular weight is 450 g/mol. The lowest BCUT2D eigenvalue weighted by Crippen LogP contribution is -2.25. The molecular formula is C29H40NOP. The van der Waals surface area contributed by atoms with Gasteiger partial charge in [0.05, 0.1) is 6.61 Å². The van der Waals surface area contributed by atoms with Gasteiger partial charge in [0.2, 0.25) is 0 Å². The number of allylic oxidation sites excluding steroid dienone is 3. The van der Waals surface area contributed by atoms with Crippen molar-refractivity contribution >= 4 is 19.2 Å². The molecule has 2 aromatic rings. The normalized spacial score (nSPS) is 16.8. The molecule has 32 heavy (non-hydrogen) atoms. The average Bonchev–Trinajstić information content (AvgIpc) is 2.73. The van der Waals surface area contributed by atoms with Crippen LogP contribution in [0.3, 0.4) is 0 Å². The van der Waals surface area contributed by atoms with E-state index in [1.165, 1.54) is 27.3 Å². The lowest BCUT2D eigenvalue weighted by Gasteiger charge is -2.30. The first-order valence-corrected chi connectivity index (χ1v) is 12.7. The van der Waals surface area contributed by atoms with E-state index in [9.17, 15) is 0 Å². The lowest BCUT2D eigenvalue weighted by atomic mass is 9.80. The number of ether oxygens (including phenoxy) is 1. The second-order valence-electron chi connectivity index (χ2n) is 10.8. The Balaban J connectivity index is 2.09. The number of hydrogen-bond acceptors (Lipinski definition) is 2. The van der Waals surface area contributed by atoms with Crippen molar-refractivity contribution < 1.29 is 4.74 Å². The lowest BCUT2D eigenvalue weighted by molar-refractivity contribution is 0.271. The Hall–Kier alpha value is -1.89. The second-order valence-corrected chi connectivity index (χ2v) is 12.2. The van der Waals surface area contributed by atoms with Gasteiger partial charge in [0.15, 0.2) is 0 Å². The van der Waals surface area contributed by atoms with Crippen molar-refractivity contribution in [1.82, 2.24) is 5.32 Å². The maximum Gasteiger partial charge on any atom is 0.130 e. The minimum Gasteiger partial charge on any atom is -0.492 e. The molecule has 1 aliphatic carbocycles. The first-order chi connectivity index (χ1) is 15.1. The van der Waals surface area contributed by atoms with Gasteiger partial charge in [-0.15, -0.1) is 0 Å². The summed E-state index contributed by atoms with van der Waals surface area (Å²) in [6.07, 6.45) is 9.81. The molecule has 2 unspecified atom stereocenters. The topological polar surface area (TPSA) is 21.3 Å². The van der Waals surface area contributed by atoms with Crippen LogP contribution in [0.15, 0.2) is 60.7 Å². The molecule has 0 saturated heterocycles. The van der Waals surface area contributed by atoms with Gasteiger partial charge >= 0.3 is 0 Å². The Bertz CT molecular complexity index is 976. The summed E-state index contributed by atoms with van der Waals surface area (Å²) in [6.45, 7) is 15.4. The van der Waals surface area contributed by atoms with Crippen LogP contribution in [0.1, 0.15) is 64.7 Å². The summed E-state index contributed by atoms with van der Waals surface area (Å²) in [5.41, 5.74) is 4.14. The van der Waals surface area contributed by atoms with Crippen LogP contribution in [-0.4, -0.2) is 13.7 Å². The molecule has 2 atom stereocenters. The van der Waals surface area contributed by atoms with Crippen LogP contribution in [-0.2, 0) is 17.4 Å². The van der Waals surface area contributed by atoms with Gasteiger partial charge < -0.3 is 10.1 Å². The Labute approximate surface area is 197 Å². The maximum atomic E-state index is 6.68. The summed E-state index contributed by atoms with van der Waals surface area (Å²) in [4.78, 5) is 0. The van der Waals surface area contributed by atoms with E-state index in [0.29, 0.717) is 21.1 Å². The smallest absolute Gasteiger partial charge is 0.130 e. The highest BCUT2D eigenvalue weighted by Crippen LogP contribution is 2.37. The second kappa shape index (κ2) is 10.4. The van der Waals surface area contributed by atoms with Crippen molar-refractivity contribution in [3.05, 3.63) is 77.4 Å². The third-order valence-electron chi connectivity index (χ3n) is 5.93. The van der Waals surface area contributed by atoms with Gasteiger partial charge in [-0.2, -0.15) is 0 Å². The molecule has 0 aromatic heterocycles. The van der Waals surface area contributed by atoms with E-state index in [4.69, 9.17) is 4.74 Å². The molecule has 0 aliphatic heterocycles. The zero-order valence-electron chi connectivity index (χ0n) is 20.9. The molecule has 0 bridgehead atoms. The van der Waals surface area contributed by atoms with Crippen molar-refractivity contribution in [2.24, 2.45) is 5.92 Å². The maximum absolute atomic E-state index is 6.68.